The molecular formula is C15H21BrN2O2. The minimum Gasteiger partial charge on any atom is -0.444 e. The lowest BCUT2D eigenvalue weighted by Crippen LogP contribution is -2.36. The van der Waals surface area contributed by atoms with Gasteiger partial charge in [0.2, 0.25) is 0 Å². The summed E-state index contributed by atoms with van der Waals surface area (Å²) in [5, 5.41) is 0. The Balaban J connectivity index is 2.22. The van der Waals surface area contributed by atoms with E-state index in [1.165, 1.54) is 0 Å². The Labute approximate surface area is 128 Å². The Morgan fingerprint density at radius 3 is 2.80 bits per heavy atom. The van der Waals surface area contributed by atoms with Crippen LogP contribution >= 0.6 is 15.9 Å². The molecule has 5 heteroatoms. The molecular weight excluding hydrogens is 320 g/mol. The predicted molar refractivity (Wildman–Crippen MR) is 82.3 cm³/mol. The molecule has 4 nitrogen and oxygen atoms in total. The number of nitrogens with two attached hydrogens (primary N) is 1. The van der Waals surface area contributed by atoms with E-state index in [0.29, 0.717) is 13.1 Å². The van der Waals surface area contributed by atoms with E-state index in [4.69, 9.17) is 10.5 Å². The Bertz CT molecular complexity index is 511. The molecule has 1 heterocycles. The quantitative estimate of drug-likeness (QED) is 0.785. The number of nitrogens with zero attached hydrogens (tertiary/aromatic N) is 1. The number of fused-ring (bicyclic) bond motifs is 1. The highest BCUT2D eigenvalue weighted by molar-refractivity contribution is 9.10. The second-order valence-electron chi connectivity index (χ2n) is 6.14. The maximum atomic E-state index is 12.2. The van der Waals surface area contributed by atoms with Gasteiger partial charge >= 0.3 is 6.09 Å². The minimum atomic E-state index is -0.481. The third kappa shape index (κ3) is 3.73. The van der Waals surface area contributed by atoms with Crippen molar-refractivity contribution in [1.29, 1.82) is 0 Å². The predicted octanol–water partition coefficient (Wildman–Crippen LogP) is 3.59. The van der Waals surface area contributed by atoms with Crippen LogP contribution in [0.3, 0.4) is 0 Å². The molecule has 1 aromatic rings. The zero-order chi connectivity index (χ0) is 14.9. The first-order valence-electron chi connectivity index (χ1n) is 6.78. The van der Waals surface area contributed by atoms with Gasteiger partial charge in [-0.1, -0.05) is 22.0 Å². The summed E-state index contributed by atoms with van der Waals surface area (Å²) >= 11 is 3.47. The molecule has 0 fully saturated rings. The third-order valence-electron chi connectivity index (χ3n) is 3.23. The molecule has 2 N–H and O–H groups in total. The van der Waals surface area contributed by atoms with Gasteiger partial charge in [0.05, 0.1) is 0 Å². The van der Waals surface area contributed by atoms with Crippen molar-refractivity contribution in [3.8, 4) is 0 Å². The van der Waals surface area contributed by atoms with Crippen LogP contribution in [0.2, 0.25) is 0 Å². The third-order valence-corrected chi connectivity index (χ3v) is 3.72. The average molecular weight is 341 g/mol. The molecule has 1 atom stereocenters. The number of carbonyl (C=O) groups is 1. The molecule has 0 bridgehead atoms. The Kier molecular flexibility index (Phi) is 4.39. The number of hydrogen-bond donors (Lipinski definition) is 1. The highest BCUT2D eigenvalue weighted by Crippen LogP contribution is 2.28. The largest absolute Gasteiger partial charge is 0.444 e. The summed E-state index contributed by atoms with van der Waals surface area (Å²) in [5.74, 6) is 0. The minimum absolute atomic E-state index is 0.0365. The topological polar surface area (TPSA) is 55.6 Å². The van der Waals surface area contributed by atoms with Crippen LogP contribution in [0, 0.1) is 0 Å². The molecule has 0 saturated carbocycles. The van der Waals surface area contributed by atoms with Crippen LogP contribution in [0.5, 0.6) is 0 Å². The maximum absolute atomic E-state index is 12.2. The van der Waals surface area contributed by atoms with Crippen LogP contribution in [0.25, 0.3) is 0 Å². The van der Waals surface area contributed by atoms with Crippen LogP contribution < -0.4 is 5.73 Å². The van der Waals surface area contributed by atoms with Gasteiger partial charge in [-0.2, -0.15) is 0 Å². The zero-order valence-corrected chi connectivity index (χ0v) is 13.7. The van der Waals surface area contributed by atoms with Gasteiger partial charge < -0.3 is 15.4 Å². The lowest BCUT2D eigenvalue weighted by Gasteiger charge is -2.26. The molecule has 110 valence electrons. The van der Waals surface area contributed by atoms with Gasteiger partial charge in [0.25, 0.3) is 0 Å². The SMILES string of the molecule is CC(C)(C)OC(=O)N1CC[C@@H](N)c2ccc(Br)cc2C1. The highest BCUT2D eigenvalue weighted by Gasteiger charge is 2.26. The number of amides is 1. The molecule has 1 aliphatic heterocycles. The maximum Gasteiger partial charge on any atom is 0.410 e. The first-order valence-corrected chi connectivity index (χ1v) is 7.57. The first kappa shape index (κ1) is 15.3. The Morgan fingerprint density at radius 1 is 1.45 bits per heavy atom. The standard InChI is InChI=1S/C15H21BrN2O2/c1-15(2,3)20-14(19)18-7-6-13(17)12-5-4-11(16)8-10(12)9-18/h4-5,8,13H,6-7,9,17H2,1-3H3/t13-/m1/s1. The van der Waals surface area contributed by atoms with Crippen LogP contribution in [-0.2, 0) is 11.3 Å². The van der Waals surface area contributed by atoms with Crippen LogP contribution in [0.4, 0.5) is 4.79 Å². The van der Waals surface area contributed by atoms with E-state index in [1.807, 2.05) is 39.0 Å². The fraction of sp³-hybridized carbons (Fsp3) is 0.533. The summed E-state index contributed by atoms with van der Waals surface area (Å²) in [6.07, 6.45) is 0.464. The summed E-state index contributed by atoms with van der Waals surface area (Å²) in [5.41, 5.74) is 7.90. The summed E-state index contributed by atoms with van der Waals surface area (Å²) in [6.45, 7) is 6.77. The van der Waals surface area contributed by atoms with Gasteiger partial charge in [-0.05, 0) is 50.5 Å². The second kappa shape index (κ2) is 5.74. The van der Waals surface area contributed by atoms with Crippen molar-refractivity contribution < 1.29 is 9.53 Å². The van der Waals surface area contributed by atoms with E-state index in [-0.39, 0.29) is 12.1 Å². The molecule has 1 aromatic carbocycles. The van der Waals surface area contributed by atoms with Crippen molar-refractivity contribution >= 4 is 22.0 Å². The summed E-state index contributed by atoms with van der Waals surface area (Å²) in [7, 11) is 0. The van der Waals surface area contributed by atoms with E-state index < -0.39 is 5.60 Å². The lowest BCUT2D eigenvalue weighted by molar-refractivity contribution is 0.0235. The van der Waals surface area contributed by atoms with E-state index >= 15 is 0 Å². The fourth-order valence-corrected chi connectivity index (χ4v) is 2.70. The van der Waals surface area contributed by atoms with Crippen LogP contribution in [0.15, 0.2) is 22.7 Å². The van der Waals surface area contributed by atoms with Crippen molar-refractivity contribution in [3.05, 3.63) is 33.8 Å². The number of hydrogen-bond acceptors (Lipinski definition) is 3. The molecule has 0 radical (unpaired) electrons. The Morgan fingerprint density at radius 2 is 2.15 bits per heavy atom. The van der Waals surface area contributed by atoms with E-state index in [1.54, 1.807) is 4.90 Å². The zero-order valence-electron chi connectivity index (χ0n) is 12.1. The lowest BCUT2D eigenvalue weighted by atomic mass is 10.0. The van der Waals surface area contributed by atoms with Crippen LogP contribution in [0.1, 0.15) is 44.4 Å². The average Bonchev–Trinajstić information content (AvgIpc) is 2.46. The number of rotatable bonds is 0. The number of benzene rings is 1. The smallest absolute Gasteiger partial charge is 0.410 e. The number of halogens is 1. The molecule has 0 saturated heterocycles. The highest BCUT2D eigenvalue weighted by atomic mass is 79.9. The van der Waals surface area contributed by atoms with Crippen molar-refractivity contribution in [2.75, 3.05) is 6.54 Å². The summed E-state index contributed by atoms with van der Waals surface area (Å²) in [4.78, 5) is 13.9. The van der Waals surface area contributed by atoms with Gasteiger partial charge in [-0.15, -0.1) is 0 Å². The monoisotopic (exact) mass is 340 g/mol. The van der Waals surface area contributed by atoms with Crippen molar-refractivity contribution in [2.45, 2.75) is 45.4 Å². The molecule has 0 unspecified atom stereocenters. The molecule has 1 amide bonds. The molecule has 1 aliphatic rings. The fourth-order valence-electron chi connectivity index (χ4n) is 2.29. The normalized spacial score (nSPS) is 19.2. The van der Waals surface area contributed by atoms with Gasteiger partial charge in [-0.25, -0.2) is 4.79 Å². The van der Waals surface area contributed by atoms with Gasteiger partial charge in [0.15, 0.2) is 0 Å². The van der Waals surface area contributed by atoms with Crippen molar-refractivity contribution in [3.63, 3.8) is 0 Å². The number of ether oxygens (including phenoxy) is 1. The molecule has 0 spiro atoms. The molecule has 20 heavy (non-hydrogen) atoms. The Hall–Kier alpha value is -1.07. The molecule has 0 aliphatic carbocycles. The molecule has 0 aromatic heterocycles. The number of carbonyl (C=O) groups excluding carboxylic acids is 1. The van der Waals surface area contributed by atoms with Gasteiger partial charge in [0.1, 0.15) is 5.60 Å². The summed E-state index contributed by atoms with van der Waals surface area (Å²) in [6, 6.07) is 6.01. The van der Waals surface area contributed by atoms with Crippen LogP contribution in [-0.4, -0.2) is 23.1 Å². The van der Waals surface area contributed by atoms with Crippen molar-refractivity contribution in [2.24, 2.45) is 5.73 Å². The van der Waals surface area contributed by atoms with Crippen molar-refractivity contribution in [1.82, 2.24) is 4.90 Å². The summed E-state index contributed by atoms with van der Waals surface area (Å²) < 4.78 is 6.44. The van der Waals surface area contributed by atoms with Gasteiger partial charge in [0, 0.05) is 23.6 Å². The van der Waals surface area contributed by atoms with E-state index in [9.17, 15) is 4.79 Å². The first-order chi connectivity index (χ1) is 9.26. The molecule has 2 rings (SSSR count). The second-order valence-corrected chi connectivity index (χ2v) is 7.06. The van der Waals surface area contributed by atoms with E-state index in [2.05, 4.69) is 15.9 Å². The van der Waals surface area contributed by atoms with E-state index in [0.717, 1.165) is 22.0 Å². The van der Waals surface area contributed by atoms with Gasteiger partial charge in [-0.3, -0.25) is 0 Å².